The molecule has 0 aromatic rings. The lowest BCUT2D eigenvalue weighted by Crippen LogP contribution is -2.45. The van der Waals surface area contributed by atoms with Gasteiger partial charge in [-0.15, -0.1) is 16.6 Å². The number of rotatable bonds is 84. The highest BCUT2D eigenvalue weighted by Gasteiger charge is 2.42. The summed E-state index contributed by atoms with van der Waals surface area (Å²) in [6.07, 6.45) is 20.9. The lowest BCUT2D eigenvalue weighted by molar-refractivity contribution is -0.251. The van der Waals surface area contributed by atoms with E-state index in [1.54, 1.807) is 0 Å². The van der Waals surface area contributed by atoms with Crippen molar-refractivity contribution in [3.05, 3.63) is 35.7 Å². The Kier molecular flexibility index (Phi) is 61.9. The number of carbonyl (C=O) groups excluding carboxylic acids is 6. The van der Waals surface area contributed by atoms with E-state index in [-0.39, 0.29) is 131 Å². The van der Waals surface area contributed by atoms with Gasteiger partial charge in [0.05, 0.1) is 216 Å². The van der Waals surface area contributed by atoms with Crippen molar-refractivity contribution in [3.8, 4) is 0 Å². The van der Waals surface area contributed by atoms with E-state index in [2.05, 4.69) is 121 Å². The molecule has 3 fully saturated rings. The van der Waals surface area contributed by atoms with Gasteiger partial charge in [0.15, 0.2) is 18.9 Å². The fourth-order valence-electron chi connectivity index (χ4n) is 16.8. The van der Waals surface area contributed by atoms with Gasteiger partial charge in [0.25, 0.3) is 0 Å². The molecule has 34 nitrogen and oxygen atoms in total. The van der Waals surface area contributed by atoms with Gasteiger partial charge < -0.3 is 107 Å². The summed E-state index contributed by atoms with van der Waals surface area (Å²) in [5.41, 5.74) is 20.9. The van der Waals surface area contributed by atoms with E-state index in [1.165, 1.54) is 0 Å². The van der Waals surface area contributed by atoms with Crippen LogP contribution in [0, 0.1) is 58.7 Å². The third kappa shape index (κ3) is 48.5. The first-order chi connectivity index (χ1) is 64.0. The van der Waals surface area contributed by atoms with Crippen molar-refractivity contribution in [2.45, 2.75) is 294 Å². The van der Waals surface area contributed by atoms with Crippen LogP contribution in [0.5, 0.6) is 0 Å². The molecule has 1 amide bonds. The highest BCUT2D eigenvalue weighted by atomic mass is 16.7. The second-order valence-corrected chi connectivity index (χ2v) is 36.8. The Hall–Kier alpha value is -5.00. The van der Waals surface area contributed by atoms with Gasteiger partial charge >= 0.3 is 0 Å². The van der Waals surface area contributed by atoms with Gasteiger partial charge in [-0.05, 0) is 119 Å². The van der Waals surface area contributed by atoms with Crippen LogP contribution in [-0.2, 0) is 114 Å². The van der Waals surface area contributed by atoms with Crippen molar-refractivity contribution in [2.24, 2.45) is 58.7 Å². The highest BCUT2D eigenvalue weighted by molar-refractivity contribution is 5.80. The Labute approximate surface area is 791 Å². The largest absolute Gasteiger partial charge is 0.380 e. The lowest BCUT2D eigenvalue weighted by atomic mass is 9.78. The average molecular weight is 1880 g/mol. The number of amides is 1. The molecule has 15 atom stereocenters. The van der Waals surface area contributed by atoms with Crippen molar-refractivity contribution < 1.29 is 114 Å². The van der Waals surface area contributed by atoms with Gasteiger partial charge in [-0.3, -0.25) is 43.8 Å². The molecule has 0 saturated carbocycles. The molecule has 6 unspecified atom stereocenters. The van der Waals surface area contributed by atoms with Gasteiger partial charge in [0.2, 0.25) is 5.91 Å². The summed E-state index contributed by atoms with van der Waals surface area (Å²) in [5, 5.41) is 8.66. The van der Waals surface area contributed by atoms with Crippen molar-refractivity contribution in [1.29, 1.82) is 0 Å². The molecular weight excluding hydrogens is 1700 g/mol. The fourth-order valence-corrected chi connectivity index (χ4v) is 16.8. The second-order valence-electron chi connectivity index (χ2n) is 36.8. The van der Waals surface area contributed by atoms with Crippen molar-refractivity contribution in [1.82, 2.24) is 53.2 Å². The molecule has 132 heavy (non-hydrogen) atoms. The Morgan fingerprint density at radius 2 is 0.568 bits per heavy atom. The van der Waals surface area contributed by atoms with Gasteiger partial charge in [0.1, 0.15) is 28.9 Å². The summed E-state index contributed by atoms with van der Waals surface area (Å²) in [5.74, 6) is 4.72. The number of hydrazine groups is 6. The summed E-state index contributed by atoms with van der Waals surface area (Å²) in [4.78, 5) is 77.8. The number of ether oxygens (including phenoxy) is 18. The molecule has 7 N–H and O–H groups in total. The number of unbranched alkanes of at least 4 members (excludes halogenated alkanes) is 5. The summed E-state index contributed by atoms with van der Waals surface area (Å²) in [6.45, 7) is 42.4. The van der Waals surface area contributed by atoms with Gasteiger partial charge in [0, 0.05) is 136 Å². The molecule has 764 valence electrons. The van der Waals surface area contributed by atoms with E-state index in [0.29, 0.717) is 334 Å². The summed E-state index contributed by atoms with van der Waals surface area (Å²) >= 11 is 0. The number of Topliss-reactive ketones (excluding diaryl/α,β-unsaturated/α-hetero) is 5. The molecule has 0 aromatic heterocycles. The summed E-state index contributed by atoms with van der Waals surface area (Å²) in [6, 6.07) is 0. The van der Waals surface area contributed by atoms with E-state index in [4.69, 9.17) is 85.3 Å². The van der Waals surface area contributed by atoms with Crippen molar-refractivity contribution in [3.63, 3.8) is 0 Å². The normalized spacial score (nSPS) is 24.3. The molecule has 6 aliphatic rings. The van der Waals surface area contributed by atoms with E-state index < -0.39 is 5.41 Å². The average Bonchev–Trinajstić information content (AvgIpc) is 1.09. The van der Waals surface area contributed by atoms with E-state index in [1.807, 2.05) is 40.6 Å². The first-order valence-electron chi connectivity index (χ1n) is 50.6. The molecule has 0 aliphatic carbocycles. The van der Waals surface area contributed by atoms with Crippen LogP contribution in [0.2, 0.25) is 0 Å². The zero-order valence-corrected chi connectivity index (χ0v) is 83.3. The van der Waals surface area contributed by atoms with Crippen LogP contribution in [0.1, 0.15) is 257 Å². The highest BCUT2D eigenvalue weighted by Crippen LogP contribution is 2.39. The zero-order chi connectivity index (χ0) is 95.2. The minimum atomic E-state index is -0.613. The topological polar surface area (TPSA) is 362 Å². The first-order valence-corrected chi connectivity index (χ1v) is 50.6. The molecule has 34 heteroatoms. The minimum Gasteiger partial charge on any atom is -0.380 e. The maximum absolute atomic E-state index is 13.1. The predicted molar refractivity (Wildman–Crippen MR) is 503 cm³/mol. The lowest BCUT2D eigenvalue weighted by Gasteiger charge is -2.43. The van der Waals surface area contributed by atoms with E-state index in [9.17, 15) is 28.8 Å². The Bertz CT molecular complexity index is 2870. The standard InChI is InChI=1S/C98H178N10O24/c1-14-91-77(8)74(5)80(11)95(130-91)127-65-62-121-59-56-118-53-50-115-47-41-106-68-83(100-103-106)31-34-86(109)26-20-18-22-28-89(112)37-44-124-71-98(17-4,72-125-45-38-90(113)29-23-19-21-27-87(110)35-32-84-69-107(104-101-84)42-48-116-51-54-119-57-60-122-63-66-128-96-81(12)75(6)78(9)92(15-2)131-96)73-126-46-39-94(114)99-40-25-24-30-88(111)36-33-85-70-108(105-102-85)43-49-117-52-55-120-58-61-123-64-67-129-97-82(13)76(7)79(10)93(16-3)132-97/h68-70,74-82,91-93,95-97,100-105H,14-67,71-73H2,1-13H3,(H,99,114)/t74-,75-,76-,77-,78-,79-,80?,81?,82?,91?,92?,93?,95-,96-,97-,98?/m0/s1. The van der Waals surface area contributed by atoms with E-state index >= 15 is 0 Å². The van der Waals surface area contributed by atoms with Crippen LogP contribution in [0.4, 0.5) is 0 Å². The quantitative estimate of drug-likeness (QED) is 0.0278. The predicted octanol–water partition coefficient (Wildman–Crippen LogP) is 11.8. The maximum Gasteiger partial charge on any atom is 0.222 e. The van der Waals surface area contributed by atoms with Gasteiger partial charge in [-0.2, -0.15) is 0 Å². The fraction of sp³-hybridized carbons (Fsp3) is 0.878. The molecule has 0 bridgehead atoms. The number of allylic oxidation sites excluding steroid dienone is 3. The number of hydrogen-bond donors (Lipinski definition) is 7. The van der Waals surface area contributed by atoms with Crippen LogP contribution in [-0.4, -0.2) is 292 Å². The molecule has 6 aliphatic heterocycles. The first kappa shape index (κ1) is 116. The molecule has 6 heterocycles. The smallest absolute Gasteiger partial charge is 0.222 e. The number of carbonyl (C=O) groups is 6. The van der Waals surface area contributed by atoms with Crippen LogP contribution in [0.3, 0.4) is 0 Å². The SMILES string of the molecule is CCC1O[C@H](OCCOCCOCCOCCN2C=C(CCC(=O)CCCCCC(=O)CCOCC(CC)(COCCC(=O)CCCCCC(=O)CCC3=CN(CCOCCOCCOCCO[C@H]4OC(CC)[C@@H](C)[C@H](C)C4C)NN3)COCCC(=O)NCCCCC(=O)CCC3=CN(CCOCCOCCOCCO[C@H]4OC(CC)[C@@H](C)[C@H](C)C4C)NN3)NN2)C(C)[C@@H](C)[C@@H]1C. The van der Waals surface area contributed by atoms with Crippen LogP contribution in [0.15, 0.2) is 35.7 Å². The molecular formula is C98H178N10O24. The van der Waals surface area contributed by atoms with E-state index in [0.717, 1.165) is 49.2 Å². The van der Waals surface area contributed by atoms with Crippen LogP contribution < -0.4 is 38.2 Å². The number of nitrogens with zero attached hydrogens (tertiary/aromatic N) is 3. The third-order valence-electron chi connectivity index (χ3n) is 26.9. The molecule has 0 aromatic carbocycles. The van der Waals surface area contributed by atoms with Crippen molar-refractivity contribution >= 4 is 34.8 Å². The Balaban J connectivity index is 0.777. The molecule has 6 rings (SSSR count). The maximum atomic E-state index is 13.1. The molecule has 0 spiro atoms. The summed E-state index contributed by atoms with van der Waals surface area (Å²) < 4.78 is 107. The van der Waals surface area contributed by atoms with Crippen LogP contribution >= 0.6 is 0 Å². The Morgan fingerprint density at radius 3 is 0.856 bits per heavy atom. The monoisotopic (exact) mass is 1880 g/mol. The number of hydrogen-bond acceptors (Lipinski definition) is 33. The van der Waals surface area contributed by atoms with Crippen LogP contribution in [0.25, 0.3) is 0 Å². The number of ketones is 5. The molecule has 3 saturated heterocycles. The zero-order valence-electron chi connectivity index (χ0n) is 83.3. The minimum absolute atomic E-state index is 0.0902. The molecule has 0 radical (unpaired) electrons. The third-order valence-corrected chi connectivity index (χ3v) is 26.9. The summed E-state index contributed by atoms with van der Waals surface area (Å²) in [7, 11) is 0. The van der Waals surface area contributed by atoms with Gasteiger partial charge in [-0.25, -0.2) is 0 Å². The number of nitrogens with one attached hydrogen (secondary N) is 7. The Morgan fingerprint density at radius 1 is 0.303 bits per heavy atom. The van der Waals surface area contributed by atoms with Gasteiger partial charge in [-0.1, -0.05) is 103 Å². The van der Waals surface area contributed by atoms with Crippen molar-refractivity contribution in [2.75, 3.05) is 205 Å². The second kappa shape index (κ2) is 70.6.